The summed E-state index contributed by atoms with van der Waals surface area (Å²) >= 11 is 0. The Morgan fingerprint density at radius 3 is 2.17 bits per heavy atom. The molecule has 1 aromatic rings. The molecule has 0 fully saturated rings. The standard InChI is InChI=1S/C11H16N4O2.ClH/c12-9(10(16)17)5-7-1-3-8(4-2-7)6-15-11(13)14;/h1-4,9H,5-6,12H2,(H,16,17)(H4,13,14,15);1H/t9-;/m0./s1. The highest BCUT2D eigenvalue weighted by atomic mass is 35.5. The zero-order valence-corrected chi connectivity index (χ0v) is 10.6. The first kappa shape index (κ1) is 16.2. The molecule has 1 rings (SSSR count). The van der Waals surface area contributed by atoms with Crippen LogP contribution in [0.2, 0.25) is 0 Å². The Balaban J connectivity index is 0.00000289. The molecule has 0 heterocycles. The monoisotopic (exact) mass is 272 g/mol. The summed E-state index contributed by atoms with van der Waals surface area (Å²) in [6, 6.07) is 6.45. The number of nitrogens with zero attached hydrogens (tertiary/aromatic N) is 1. The van der Waals surface area contributed by atoms with Crippen LogP contribution in [0.15, 0.2) is 29.3 Å². The molecule has 0 radical (unpaired) electrons. The number of nitrogens with two attached hydrogens (primary N) is 3. The number of aliphatic carboxylic acids is 1. The van der Waals surface area contributed by atoms with E-state index < -0.39 is 12.0 Å². The number of rotatable bonds is 5. The number of benzene rings is 1. The largest absolute Gasteiger partial charge is 0.480 e. The maximum absolute atomic E-state index is 10.6. The number of halogens is 1. The number of hydrogen-bond acceptors (Lipinski definition) is 3. The predicted molar refractivity (Wildman–Crippen MR) is 72.5 cm³/mol. The molecule has 0 unspecified atom stereocenters. The van der Waals surface area contributed by atoms with Gasteiger partial charge in [0.25, 0.3) is 0 Å². The normalized spacial score (nSPS) is 11.2. The second kappa shape index (κ2) is 7.52. The van der Waals surface area contributed by atoms with E-state index in [0.717, 1.165) is 11.1 Å². The summed E-state index contributed by atoms with van der Waals surface area (Å²) in [6.07, 6.45) is 0.303. The number of carboxylic acid groups (broad SMARTS) is 1. The Bertz CT molecular complexity index is 416. The van der Waals surface area contributed by atoms with Crippen LogP contribution in [0.1, 0.15) is 11.1 Å². The van der Waals surface area contributed by atoms with Crippen molar-refractivity contribution in [1.82, 2.24) is 0 Å². The van der Waals surface area contributed by atoms with Gasteiger partial charge in [-0.3, -0.25) is 4.79 Å². The average Bonchev–Trinajstić information content (AvgIpc) is 2.28. The van der Waals surface area contributed by atoms with Crippen molar-refractivity contribution in [3.05, 3.63) is 35.4 Å². The minimum absolute atomic E-state index is 0. The van der Waals surface area contributed by atoms with Gasteiger partial charge < -0.3 is 22.3 Å². The van der Waals surface area contributed by atoms with E-state index in [0.29, 0.717) is 13.0 Å². The third-order valence-corrected chi connectivity index (χ3v) is 2.24. The lowest BCUT2D eigenvalue weighted by atomic mass is 10.0. The van der Waals surface area contributed by atoms with E-state index in [-0.39, 0.29) is 18.4 Å². The van der Waals surface area contributed by atoms with E-state index in [9.17, 15) is 4.79 Å². The highest BCUT2D eigenvalue weighted by Crippen LogP contribution is 2.07. The molecule has 7 heteroatoms. The highest BCUT2D eigenvalue weighted by molar-refractivity contribution is 5.85. The number of aliphatic imine (C=N–C) groups is 1. The minimum atomic E-state index is -1.01. The van der Waals surface area contributed by atoms with Gasteiger partial charge in [-0.05, 0) is 17.5 Å². The average molecular weight is 273 g/mol. The second-order valence-corrected chi connectivity index (χ2v) is 3.71. The summed E-state index contributed by atoms with van der Waals surface area (Å²) in [7, 11) is 0. The first-order valence-corrected chi connectivity index (χ1v) is 5.10. The molecule has 1 aromatic carbocycles. The van der Waals surface area contributed by atoms with Crippen molar-refractivity contribution < 1.29 is 9.90 Å². The van der Waals surface area contributed by atoms with Crippen molar-refractivity contribution in [2.24, 2.45) is 22.2 Å². The van der Waals surface area contributed by atoms with Crippen LogP contribution in [0.25, 0.3) is 0 Å². The number of hydrogen-bond donors (Lipinski definition) is 4. The van der Waals surface area contributed by atoms with E-state index in [1.165, 1.54) is 0 Å². The van der Waals surface area contributed by atoms with Gasteiger partial charge in [-0.15, -0.1) is 12.4 Å². The fraction of sp³-hybridized carbons (Fsp3) is 0.273. The summed E-state index contributed by atoms with van der Waals surface area (Å²) in [5.41, 5.74) is 17.7. The van der Waals surface area contributed by atoms with E-state index >= 15 is 0 Å². The molecule has 0 aliphatic carbocycles. The van der Waals surface area contributed by atoms with E-state index in [1.54, 1.807) is 0 Å². The van der Waals surface area contributed by atoms with Gasteiger partial charge in [-0.25, -0.2) is 4.99 Å². The third kappa shape index (κ3) is 5.51. The Morgan fingerprint density at radius 2 is 1.72 bits per heavy atom. The van der Waals surface area contributed by atoms with Gasteiger partial charge in [0, 0.05) is 0 Å². The van der Waals surface area contributed by atoms with Gasteiger partial charge in [0.15, 0.2) is 5.96 Å². The zero-order chi connectivity index (χ0) is 12.8. The second-order valence-electron chi connectivity index (χ2n) is 3.71. The fourth-order valence-corrected chi connectivity index (χ4v) is 1.30. The molecule has 18 heavy (non-hydrogen) atoms. The Hall–Kier alpha value is -1.79. The van der Waals surface area contributed by atoms with Gasteiger partial charge in [-0.1, -0.05) is 24.3 Å². The molecule has 0 saturated heterocycles. The minimum Gasteiger partial charge on any atom is -0.480 e. The van der Waals surface area contributed by atoms with Crippen molar-refractivity contribution in [3.63, 3.8) is 0 Å². The van der Waals surface area contributed by atoms with Gasteiger partial charge in [0.2, 0.25) is 0 Å². The SMILES string of the molecule is Cl.NC(N)=NCc1ccc(C[C@H](N)C(=O)O)cc1. The number of guanidine groups is 1. The van der Waals surface area contributed by atoms with E-state index in [4.69, 9.17) is 22.3 Å². The van der Waals surface area contributed by atoms with Crippen LogP contribution in [0.4, 0.5) is 0 Å². The molecule has 100 valence electrons. The lowest BCUT2D eigenvalue weighted by molar-refractivity contribution is -0.138. The van der Waals surface area contributed by atoms with E-state index in [1.807, 2.05) is 24.3 Å². The van der Waals surface area contributed by atoms with Crippen LogP contribution >= 0.6 is 12.4 Å². The number of carbonyl (C=O) groups is 1. The van der Waals surface area contributed by atoms with Crippen molar-refractivity contribution in [2.45, 2.75) is 19.0 Å². The molecule has 7 N–H and O–H groups in total. The molecular weight excluding hydrogens is 256 g/mol. The molecule has 0 bridgehead atoms. The van der Waals surface area contributed by atoms with Crippen molar-refractivity contribution in [2.75, 3.05) is 0 Å². The van der Waals surface area contributed by atoms with Crippen LogP contribution in [-0.2, 0) is 17.8 Å². The van der Waals surface area contributed by atoms with Gasteiger partial charge in [-0.2, -0.15) is 0 Å². The molecular formula is C11H17ClN4O2. The summed E-state index contributed by atoms with van der Waals surface area (Å²) < 4.78 is 0. The fourth-order valence-electron chi connectivity index (χ4n) is 1.30. The first-order chi connectivity index (χ1) is 7.99. The number of carboxylic acids is 1. The van der Waals surface area contributed by atoms with Crippen LogP contribution in [0.3, 0.4) is 0 Å². The Labute approximate surface area is 111 Å². The van der Waals surface area contributed by atoms with Crippen LogP contribution < -0.4 is 17.2 Å². The van der Waals surface area contributed by atoms with Crippen LogP contribution in [0, 0.1) is 0 Å². The maximum Gasteiger partial charge on any atom is 0.320 e. The van der Waals surface area contributed by atoms with Gasteiger partial charge in [0.1, 0.15) is 6.04 Å². The Kier molecular flexibility index (Phi) is 6.77. The van der Waals surface area contributed by atoms with Crippen molar-refractivity contribution in [1.29, 1.82) is 0 Å². The van der Waals surface area contributed by atoms with Crippen LogP contribution in [0.5, 0.6) is 0 Å². The topological polar surface area (TPSA) is 128 Å². The molecule has 0 aliphatic heterocycles. The molecule has 1 atom stereocenters. The van der Waals surface area contributed by atoms with E-state index in [2.05, 4.69) is 4.99 Å². The van der Waals surface area contributed by atoms with Crippen LogP contribution in [-0.4, -0.2) is 23.1 Å². The first-order valence-electron chi connectivity index (χ1n) is 5.10. The smallest absolute Gasteiger partial charge is 0.320 e. The summed E-state index contributed by atoms with van der Waals surface area (Å²) in [4.78, 5) is 14.4. The molecule has 0 aliphatic rings. The molecule has 6 nitrogen and oxygen atoms in total. The van der Waals surface area contributed by atoms with Crippen molar-refractivity contribution in [3.8, 4) is 0 Å². The molecule has 0 spiro atoms. The zero-order valence-electron chi connectivity index (χ0n) is 9.74. The highest BCUT2D eigenvalue weighted by Gasteiger charge is 2.11. The quantitative estimate of drug-likeness (QED) is 0.437. The lowest BCUT2D eigenvalue weighted by Crippen LogP contribution is -2.32. The Morgan fingerprint density at radius 1 is 1.22 bits per heavy atom. The van der Waals surface area contributed by atoms with Gasteiger partial charge >= 0.3 is 5.97 Å². The molecule has 0 saturated carbocycles. The predicted octanol–water partition coefficient (Wildman–Crippen LogP) is -0.164. The van der Waals surface area contributed by atoms with Crippen molar-refractivity contribution >= 4 is 24.3 Å². The third-order valence-electron chi connectivity index (χ3n) is 2.24. The summed E-state index contributed by atoms with van der Waals surface area (Å²) in [6.45, 7) is 0.410. The maximum atomic E-state index is 10.6. The molecule has 0 aromatic heterocycles. The summed E-state index contributed by atoms with van der Waals surface area (Å²) in [5, 5.41) is 8.67. The summed E-state index contributed by atoms with van der Waals surface area (Å²) in [5.74, 6) is -0.962. The molecule has 0 amide bonds. The lowest BCUT2D eigenvalue weighted by Gasteiger charge is -2.06. The van der Waals surface area contributed by atoms with Gasteiger partial charge in [0.05, 0.1) is 6.54 Å².